The maximum atomic E-state index is 11.9. The minimum Gasteiger partial charge on any atom is -0.398 e. The SMILES string of the molecule is Cc1ccc(N)c(SCC(=O)Nc2ccc(C#N)cc2)c1. The van der Waals surface area contributed by atoms with Crippen molar-refractivity contribution >= 4 is 29.0 Å². The van der Waals surface area contributed by atoms with E-state index in [0.29, 0.717) is 16.9 Å². The normalized spacial score (nSPS) is 9.90. The second kappa shape index (κ2) is 6.82. The van der Waals surface area contributed by atoms with Crippen molar-refractivity contribution in [1.82, 2.24) is 0 Å². The molecule has 0 unspecified atom stereocenters. The van der Waals surface area contributed by atoms with Crippen LogP contribution in [0, 0.1) is 18.3 Å². The van der Waals surface area contributed by atoms with E-state index in [1.54, 1.807) is 24.3 Å². The second-order valence-electron chi connectivity index (χ2n) is 4.57. The molecule has 21 heavy (non-hydrogen) atoms. The molecular formula is C16H15N3OS. The zero-order valence-electron chi connectivity index (χ0n) is 11.6. The summed E-state index contributed by atoms with van der Waals surface area (Å²) in [6.45, 7) is 1.99. The summed E-state index contributed by atoms with van der Waals surface area (Å²) in [5.74, 6) is 0.179. The third-order valence-electron chi connectivity index (χ3n) is 2.83. The maximum absolute atomic E-state index is 11.9. The predicted octanol–water partition coefficient (Wildman–Crippen LogP) is 3.18. The van der Waals surface area contributed by atoms with Gasteiger partial charge in [0.15, 0.2) is 0 Å². The Hall–Kier alpha value is -2.45. The van der Waals surface area contributed by atoms with Crippen LogP contribution in [0.2, 0.25) is 0 Å². The molecule has 0 aliphatic heterocycles. The molecule has 0 aliphatic carbocycles. The largest absolute Gasteiger partial charge is 0.398 e. The first-order chi connectivity index (χ1) is 10.1. The van der Waals surface area contributed by atoms with Crippen LogP contribution in [0.5, 0.6) is 0 Å². The Morgan fingerprint density at radius 1 is 1.29 bits per heavy atom. The number of nitriles is 1. The summed E-state index contributed by atoms with van der Waals surface area (Å²) in [5, 5.41) is 11.5. The summed E-state index contributed by atoms with van der Waals surface area (Å²) in [7, 11) is 0. The predicted molar refractivity (Wildman–Crippen MR) is 86.1 cm³/mol. The van der Waals surface area contributed by atoms with Gasteiger partial charge in [-0.1, -0.05) is 6.07 Å². The zero-order valence-corrected chi connectivity index (χ0v) is 12.4. The number of nitrogens with one attached hydrogen (secondary N) is 1. The molecule has 1 amide bonds. The average molecular weight is 297 g/mol. The van der Waals surface area contributed by atoms with Crippen molar-refractivity contribution in [1.29, 1.82) is 5.26 Å². The van der Waals surface area contributed by atoms with Crippen LogP contribution >= 0.6 is 11.8 Å². The lowest BCUT2D eigenvalue weighted by Gasteiger charge is -2.07. The van der Waals surface area contributed by atoms with E-state index in [2.05, 4.69) is 5.32 Å². The fourth-order valence-corrected chi connectivity index (χ4v) is 2.60. The quantitative estimate of drug-likeness (QED) is 0.671. The van der Waals surface area contributed by atoms with Crippen molar-refractivity contribution in [2.24, 2.45) is 0 Å². The van der Waals surface area contributed by atoms with Crippen molar-refractivity contribution in [2.45, 2.75) is 11.8 Å². The van der Waals surface area contributed by atoms with Gasteiger partial charge in [-0.2, -0.15) is 5.26 Å². The number of carbonyl (C=O) groups excluding carboxylic acids is 1. The van der Waals surface area contributed by atoms with E-state index in [1.165, 1.54) is 11.8 Å². The van der Waals surface area contributed by atoms with Crippen LogP contribution in [0.25, 0.3) is 0 Å². The summed E-state index contributed by atoms with van der Waals surface area (Å²) in [4.78, 5) is 12.8. The van der Waals surface area contributed by atoms with Gasteiger partial charge in [-0.05, 0) is 48.9 Å². The Bertz CT molecular complexity index is 690. The molecule has 2 aromatic carbocycles. The van der Waals surface area contributed by atoms with Crippen LogP contribution in [-0.2, 0) is 4.79 Å². The first kappa shape index (κ1) is 14.9. The number of anilines is 2. The number of amides is 1. The third kappa shape index (κ3) is 4.26. The molecule has 0 spiro atoms. The molecule has 0 bridgehead atoms. The smallest absolute Gasteiger partial charge is 0.234 e. The van der Waals surface area contributed by atoms with Gasteiger partial charge in [-0.15, -0.1) is 11.8 Å². The number of hydrogen-bond acceptors (Lipinski definition) is 4. The van der Waals surface area contributed by atoms with Crippen LogP contribution in [0.1, 0.15) is 11.1 Å². The Kier molecular flexibility index (Phi) is 4.85. The van der Waals surface area contributed by atoms with Gasteiger partial charge in [0.05, 0.1) is 17.4 Å². The van der Waals surface area contributed by atoms with E-state index in [1.807, 2.05) is 31.2 Å². The number of nitrogens with two attached hydrogens (primary N) is 1. The van der Waals surface area contributed by atoms with Crippen molar-refractivity contribution in [3.8, 4) is 6.07 Å². The zero-order chi connectivity index (χ0) is 15.2. The van der Waals surface area contributed by atoms with E-state index in [0.717, 1.165) is 10.5 Å². The third-order valence-corrected chi connectivity index (χ3v) is 3.90. The number of aryl methyl sites for hydroxylation is 1. The summed E-state index contributed by atoms with van der Waals surface area (Å²) >= 11 is 1.41. The van der Waals surface area contributed by atoms with Crippen molar-refractivity contribution in [2.75, 3.05) is 16.8 Å². The van der Waals surface area contributed by atoms with Gasteiger partial charge >= 0.3 is 0 Å². The lowest BCUT2D eigenvalue weighted by atomic mass is 10.2. The fourth-order valence-electron chi connectivity index (χ4n) is 1.74. The highest BCUT2D eigenvalue weighted by molar-refractivity contribution is 8.00. The standard InChI is InChI=1S/C16H15N3OS/c1-11-2-7-14(18)15(8-11)21-10-16(20)19-13-5-3-12(9-17)4-6-13/h2-8H,10,18H2,1H3,(H,19,20). The van der Waals surface area contributed by atoms with Gasteiger partial charge in [0.1, 0.15) is 0 Å². The molecule has 3 N–H and O–H groups in total. The molecule has 2 rings (SSSR count). The molecule has 0 heterocycles. The minimum absolute atomic E-state index is 0.106. The van der Waals surface area contributed by atoms with Gasteiger partial charge in [0, 0.05) is 16.3 Å². The van der Waals surface area contributed by atoms with Crippen LogP contribution in [0.3, 0.4) is 0 Å². The lowest BCUT2D eigenvalue weighted by Crippen LogP contribution is -2.14. The molecule has 0 radical (unpaired) electrons. The highest BCUT2D eigenvalue weighted by Crippen LogP contribution is 2.26. The van der Waals surface area contributed by atoms with Gasteiger partial charge in [0.25, 0.3) is 0 Å². The Labute approximate surface area is 128 Å². The number of nitrogen functional groups attached to an aromatic ring is 1. The van der Waals surface area contributed by atoms with Crippen LogP contribution < -0.4 is 11.1 Å². The molecule has 4 nitrogen and oxygen atoms in total. The second-order valence-corrected chi connectivity index (χ2v) is 5.58. The van der Waals surface area contributed by atoms with Crippen LogP contribution in [0.4, 0.5) is 11.4 Å². The van der Waals surface area contributed by atoms with Crippen molar-refractivity contribution < 1.29 is 4.79 Å². The first-order valence-corrected chi connectivity index (χ1v) is 7.36. The Morgan fingerprint density at radius 3 is 2.67 bits per heavy atom. The molecule has 0 aliphatic rings. The summed E-state index contributed by atoms with van der Waals surface area (Å²) < 4.78 is 0. The summed E-state index contributed by atoms with van der Waals surface area (Å²) in [6, 6.07) is 14.5. The maximum Gasteiger partial charge on any atom is 0.234 e. The molecule has 5 heteroatoms. The molecule has 106 valence electrons. The highest BCUT2D eigenvalue weighted by atomic mass is 32.2. The van der Waals surface area contributed by atoms with Crippen molar-refractivity contribution in [3.05, 3.63) is 53.6 Å². The van der Waals surface area contributed by atoms with Gasteiger partial charge in [-0.25, -0.2) is 0 Å². The van der Waals surface area contributed by atoms with E-state index < -0.39 is 0 Å². The Balaban J connectivity index is 1.92. The Morgan fingerprint density at radius 2 is 2.00 bits per heavy atom. The number of hydrogen-bond donors (Lipinski definition) is 2. The van der Waals surface area contributed by atoms with Gasteiger partial charge in [-0.3, -0.25) is 4.79 Å². The van der Waals surface area contributed by atoms with E-state index in [-0.39, 0.29) is 11.7 Å². The molecule has 0 saturated carbocycles. The van der Waals surface area contributed by atoms with E-state index in [9.17, 15) is 4.79 Å². The van der Waals surface area contributed by atoms with Gasteiger partial charge < -0.3 is 11.1 Å². The number of rotatable bonds is 4. The summed E-state index contributed by atoms with van der Waals surface area (Å²) in [6.07, 6.45) is 0. The average Bonchev–Trinajstić information content (AvgIpc) is 2.49. The first-order valence-electron chi connectivity index (χ1n) is 6.37. The number of carbonyl (C=O) groups is 1. The van der Waals surface area contributed by atoms with Crippen LogP contribution in [0.15, 0.2) is 47.4 Å². The topological polar surface area (TPSA) is 78.9 Å². The summed E-state index contributed by atoms with van der Waals surface area (Å²) in [5.41, 5.74) is 8.91. The highest BCUT2D eigenvalue weighted by Gasteiger charge is 2.06. The van der Waals surface area contributed by atoms with Gasteiger partial charge in [0.2, 0.25) is 5.91 Å². The molecule has 2 aromatic rings. The number of nitrogens with zero attached hydrogens (tertiary/aromatic N) is 1. The number of thioether (sulfide) groups is 1. The lowest BCUT2D eigenvalue weighted by molar-refractivity contribution is -0.113. The molecule has 0 aromatic heterocycles. The number of benzene rings is 2. The minimum atomic E-state index is -0.106. The van der Waals surface area contributed by atoms with Crippen molar-refractivity contribution in [3.63, 3.8) is 0 Å². The monoisotopic (exact) mass is 297 g/mol. The van der Waals surface area contributed by atoms with E-state index >= 15 is 0 Å². The molecule has 0 atom stereocenters. The molecular weight excluding hydrogens is 282 g/mol. The molecule has 0 saturated heterocycles. The van der Waals surface area contributed by atoms with E-state index in [4.69, 9.17) is 11.0 Å². The fraction of sp³-hybridized carbons (Fsp3) is 0.125. The molecule has 0 fully saturated rings. The van der Waals surface area contributed by atoms with Crippen LogP contribution in [-0.4, -0.2) is 11.7 Å².